The molecule has 0 saturated carbocycles. The van der Waals surface area contributed by atoms with Crippen LogP contribution in [-0.2, 0) is 10.1 Å². The first-order chi connectivity index (χ1) is 14.2. The zero-order chi connectivity index (χ0) is 28.6. The molecule has 0 heterocycles. The van der Waals surface area contributed by atoms with E-state index in [2.05, 4.69) is 0 Å². The van der Waals surface area contributed by atoms with E-state index < -0.39 is 69.2 Å². The van der Waals surface area contributed by atoms with Crippen molar-refractivity contribution in [2.45, 2.75) is 59.1 Å². The number of hydrogen-bond donors (Lipinski definition) is 0. The van der Waals surface area contributed by atoms with Crippen molar-refractivity contribution in [1.29, 1.82) is 0 Å². The van der Waals surface area contributed by atoms with E-state index in [4.69, 9.17) is 0 Å². The quantitative estimate of drug-likeness (QED) is 0.231. The molecule has 0 aromatic carbocycles. The van der Waals surface area contributed by atoms with Gasteiger partial charge in [-0.05, 0) is 0 Å². The molecular weight excluding hydrogens is 603 g/mol. The summed E-state index contributed by atoms with van der Waals surface area (Å²) >= 11 is 0. The fourth-order valence-corrected chi connectivity index (χ4v) is 2.14. The summed E-state index contributed by atoms with van der Waals surface area (Å²) in [7, 11) is -8.29. The summed E-state index contributed by atoms with van der Waals surface area (Å²) in [6.07, 6.45) is -14.0. The van der Waals surface area contributed by atoms with E-state index in [1.807, 2.05) is 0 Å². The zero-order valence-corrected chi connectivity index (χ0v) is 18.1. The summed E-state index contributed by atoms with van der Waals surface area (Å²) in [4.78, 5) is 0. The van der Waals surface area contributed by atoms with Gasteiger partial charge in [0.1, 0.15) is 0 Å². The molecule has 0 aliphatic heterocycles. The Kier molecular flexibility index (Phi) is 9.50. The van der Waals surface area contributed by atoms with E-state index in [-0.39, 0.29) is 29.6 Å². The van der Waals surface area contributed by atoms with Gasteiger partial charge in [0, 0.05) is 0 Å². The van der Waals surface area contributed by atoms with Gasteiger partial charge in [0.15, 0.2) is 10.1 Å². The molecule has 35 heavy (non-hydrogen) atoms. The average molecular weight is 604 g/mol. The van der Waals surface area contributed by atoms with Gasteiger partial charge in [-0.3, -0.25) is 0 Å². The first-order valence-corrected chi connectivity index (χ1v) is 8.25. The Labute approximate surface area is 199 Å². The minimum atomic E-state index is -9.21. The molecule has 0 spiro atoms. The van der Waals surface area contributed by atoms with Gasteiger partial charge < -0.3 is 4.55 Å². The standard InChI is InChI=1S/C10H2F20O3S.Na/c11-1(3(14,15)16)2(12,13)4(17,18)5(19,20)6(21,22)7(23,24)8(25,26)9(27,28)10(29,30)34(31,32)33;/h1H,(H,31,32,33);/q;+1/p-1. The van der Waals surface area contributed by atoms with Gasteiger partial charge in [0.05, 0.1) is 0 Å². The number of hydrogen-bond acceptors (Lipinski definition) is 3. The first-order valence-electron chi connectivity index (χ1n) is 6.84. The van der Waals surface area contributed by atoms with Crippen LogP contribution in [-0.4, -0.2) is 72.0 Å². The van der Waals surface area contributed by atoms with Crippen LogP contribution in [0.4, 0.5) is 87.8 Å². The SMILES string of the molecule is O=S(=O)([O-])C(F)(F)C(F)(F)C(F)(F)C(F)(F)C(F)(F)C(F)(F)C(F)(F)C(F)(F)C(F)C(F)(F)F.[Na+]. The van der Waals surface area contributed by atoms with Crippen molar-refractivity contribution in [3.63, 3.8) is 0 Å². The molecule has 0 radical (unpaired) electrons. The van der Waals surface area contributed by atoms with E-state index in [1.165, 1.54) is 0 Å². The summed E-state index contributed by atoms with van der Waals surface area (Å²) in [5.74, 6) is -62.3. The summed E-state index contributed by atoms with van der Waals surface area (Å²) in [6.45, 7) is 0. The van der Waals surface area contributed by atoms with Crippen molar-refractivity contribution >= 4 is 10.1 Å². The van der Waals surface area contributed by atoms with Crippen LogP contribution in [0.25, 0.3) is 0 Å². The maximum Gasteiger partial charge on any atom is 1.00 e. The normalized spacial score (nSPS) is 17.2. The molecule has 0 N–H and O–H groups in total. The van der Waals surface area contributed by atoms with Crippen molar-refractivity contribution in [3.05, 3.63) is 0 Å². The van der Waals surface area contributed by atoms with Crippen LogP contribution in [0.2, 0.25) is 0 Å². The van der Waals surface area contributed by atoms with Crippen molar-refractivity contribution in [1.82, 2.24) is 0 Å². The molecule has 0 aliphatic carbocycles. The first kappa shape index (κ1) is 36.7. The van der Waals surface area contributed by atoms with E-state index in [0.717, 1.165) is 0 Å². The molecule has 0 aliphatic rings. The van der Waals surface area contributed by atoms with Gasteiger partial charge >= 0.3 is 82.4 Å². The third-order valence-corrected chi connectivity index (χ3v) is 4.56. The minimum absolute atomic E-state index is 0. The molecule has 0 rings (SSSR count). The average Bonchev–Trinajstić information content (AvgIpc) is 2.57. The van der Waals surface area contributed by atoms with Gasteiger partial charge in [-0.25, -0.2) is 12.8 Å². The van der Waals surface area contributed by atoms with Gasteiger partial charge in [-0.2, -0.15) is 83.4 Å². The van der Waals surface area contributed by atoms with Crippen molar-refractivity contribution in [2.24, 2.45) is 0 Å². The van der Waals surface area contributed by atoms with Crippen LogP contribution in [0.15, 0.2) is 0 Å². The molecule has 1 unspecified atom stereocenters. The number of rotatable bonds is 9. The van der Waals surface area contributed by atoms with Crippen LogP contribution in [0, 0.1) is 0 Å². The monoisotopic (exact) mass is 604 g/mol. The minimum Gasteiger partial charge on any atom is -0.743 e. The Morgan fingerprint density at radius 2 is 0.714 bits per heavy atom. The van der Waals surface area contributed by atoms with Crippen LogP contribution >= 0.6 is 0 Å². The molecule has 0 aromatic heterocycles. The summed E-state index contributed by atoms with van der Waals surface area (Å²) in [5.41, 5.74) is 0. The van der Waals surface area contributed by atoms with E-state index >= 15 is 0 Å². The van der Waals surface area contributed by atoms with Crippen molar-refractivity contribution in [3.8, 4) is 0 Å². The Morgan fingerprint density at radius 3 is 0.943 bits per heavy atom. The summed E-state index contributed by atoms with van der Waals surface area (Å²) in [6, 6.07) is 0. The van der Waals surface area contributed by atoms with Crippen LogP contribution in [0.3, 0.4) is 0 Å². The predicted molar refractivity (Wildman–Crippen MR) is 60.2 cm³/mol. The number of halogens is 20. The zero-order valence-electron chi connectivity index (χ0n) is 15.3. The maximum absolute atomic E-state index is 13.3. The second kappa shape index (κ2) is 9.06. The van der Waals surface area contributed by atoms with Crippen LogP contribution in [0.1, 0.15) is 0 Å². The Morgan fingerprint density at radius 1 is 0.486 bits per heavy atom. The molecule has 0 amide bonds. The second-order valence-electron chi connectivity index (χ2n) is 5.94. The maximum atomic E-state index is 13.3. The predicted octanol–water partition coefficient (Wildman–Crippen LogP) is 2.48. The molecule has 25 heteroatoms. The molecular formula is C10HF20NaO3S. The molecule has 0 aromatic rings. The Hall–Kier alpha value is -0.490. The smallest absolute Gasteiger partial charge is 0.743 e. The van der Waals surface area contributed by atoms with Gasteiger partial charge in [-0.15, -0.1) is 0 Å². The third-order valence-electron chi connectivity index (χ3n) is 3.68. The summed E-state index contributed by atoms with van der Waals surface area (Å²) in [5, 5.41) is -8.11. The number of alkyl halides is 20. The molecule has 0 fully saturated rings. The summed E-state index contributed by atoms with van der Waals surface area (Å²) < 4.78 is 287. The third kappa shape index (κ3) is 4.77. The molecule has 0 bridgehead atoms. The van der Waals surface area contributed by atoms with Crippen LogP contribution in [0.5, 0.6) is 0 Å². The fraction of sp³-hybridized carbons (Fsp3) is 1.00. The van der Waals surface area contributed by atoms with Gasteiger partial charge in [0.2, 0.25) is 0 Å². The van der Waals surface area contributed by atoms with E-state index in [9.17, 15) is 101 Å². The van der Waals surface area contributed by atoms with Gasteiger partial charge in [0.25, 0.3) is 6.17 Å². The molecule has 1 atom stereocenters. The molecule has 0 saturated heterocycles. The van der Waals surface area contributed by atoms with Gasteiger partial charge in [-0.1, -0.05) is 0 Å². The largest absolute Gasteiger partial charge is 1.00 e. The fourth-order valence-electron chi connectivity index (χ4n) is 1.70. The van der Waals surface area contributed by atoms with E-state index in [0.29, 0.717) is 0 Å². The molecule has 206 valence electrons. The van der Waals surface area contributed by atoms with Crippen molar-refractivity contribution < 1.29 is 130 Å². The van der Waals surface area contributed by atoms with Crippen molar-refractivity contribution in [2.75, 3.05) is 0 Å². The Bertz CT molecular complexity index is 876. The second-order valence-corrected chi connectivity index (χ2v) is 7.37. The van der Waals surface area contributed by atoms with Crippen LogP contribution < -0.4 is 29.6 Å². The van der Waals surface area contributed by atoms with E-state index in [1.54, 1.807) is 0 Å². The topological polar surface area (TPSA) is 57.2 Å². The Balaban J connectivity index is 0. The molecule has 3 nitrogen and oxygen atoms in total.